The summed E-state index contributed by atoms with van der Waals surface area (Å²) in [5, 5.41) is 4.32. The largest absolute Gasteiger partial charge is 0.416 e. The Bertz CT molecular complexity index is 1180. The van der Waals surface area contributed by atoms with Crippen LogP contribution in [0.1, 0.15) is 11.1 Å². The van der Waals surface area contributed by atoms with E-state index in [2.05, 4.69) is 15.1 Å². The Morgan fingerprint density at radius 3 is 2.04 bits per heavy atom. The topological polar surface area (TPSA) is 43.1 Å². The van der Waals surface area contributed by atoms with Crippen LogP contribution < -0.4 is 0 Å². The summed E-state index contributed by atoms with van der Waals surface area (Å²) in [6.45, 7) is 0. The molecule has 0 fully saturated rings. The molecule has 0 spiro atoms. The molecule has 0 N–H and O–H groups in total. The van der Waals surface area contributed by atoms with Gasteiger partial charge in [-0.1, -0.05) is 12.1 Å². The van der Waals surface area contributed by atoms with Gasteiger partial charge in [0.05, 0.1) is 16.6 Å². The summed E-state index contributed by atoms with van der Waals surface area (Å²) in [7, 11) is 0. The minimum absolute atomic E-state index is 0.0449. The molecule has 28 heavy (non-hydrogen) atoms. The molecule has 0 aliphatic carbocycles. The van der Waals surface area contributed by atoms with Crippen LogP contribution >= 0.6 is 11.6 Å². The number of fused-ring (bicyclic) bond motifs is 3. The summed E-state index contributed by atoms with van der Waals surface area (Å²) >= 11 is 6.03. The maximum atomic E-state index is 13.1. The van der Waals surface area contributed by atoms with Crippen molar-refractivity contribution in [3.05, 3.63) is 58.9 Å². The zero-order valence-corrected chi connectivity index (χ0v) is 14.2. The number of hydrogen-bond acceptors (Lipinski definition) is 3. The van der Waals surface area contributed by atoms with Crippen molar-refractivity contribution < 1.29 is 26.3 Å². The van der Waals surface area contributed by atoms with Crippen LogP contribution in [0.4, 0.5) is 26.3 Å². The van der Waals surface area contributed by atoms with E-state index < -0.39 is 29.0 Å². The summed E-state index contributed by atoms with van der Waals surface area (Å²) in [6, 6.07) is 7.83. The summed E-state index contributed by atoms with van der Waals surface area (Å²) in [6.07, 6.45) is -9.94. The highest BCUT2D eigenvalue weighted by atomic mass is 35.5. The minimum Gasteiger partial charge on any atom is -0.218 e. The number of aromatic nitrogens is 4. The van der Waals surface area contributed by atoms with Crippen molar-refractivity contribution in [2.24, 2.45) is 0 Å². The van der Waals surface area contributed by atoms with E-state index in [9.17, 15) is 26.3 Å². The molecule has 144 valence electrons. The van der Waals surface area contributed by atoms with Crippen LogP contribution in [0.15, 0.2) is 42.5 Å². The second-order valence-corrected chi connectivity index (χ2v) is 6.20. The van der Waals surface area contributed by atoms with E-state index in [4.69, 9.17) is 11.6 Å². The van der Waals surface area contributed by atoms with Gasteiger partial charge in [0.1, 0.15) is 0 Å². The SMILES string of the molecule is FC(F)(F)c1cc(-c2nc3c4ccccc4nc(Cl)n3n2)cc(C(F)(F)F)c1. The van der Waals surface area contributed by atoms with Crippen molar-refractivity contribution in [1.29, 1.82) is 0 Å². The number of nitrogens with zero attached hydrogens (tertiary/aromatic N) is 4. The van der Waals surface area contributed by atoms with Gasteiger partial charge in [-0.05, 0) is 41.9 Å². The molecule has 0 radical (unpaired) electrons. The number of benzene rings is 2. The molecule has 2 heterocycles. The highest BCUT2D eigenvalue weighted by molar-refractivity contribution is 6.29. The predicted octanol–water partition coefficient (Wildman–Crippen LogP) is 5.64. The number of rotatable bonds is 1. The number of halogens is 7. The summed E-state index contributed by atoms with van der Waals surface area (Å²) in [4.78, 5) is 8.20. The first-order valence-electron chi connectivity index (χ1n) is 7.65. The number of para-hydroxylation sites is 1. The first-order valence-corrected chi connectivity index (χ1v) is 8.03. The normalized spacial score (nSPS) is 12.8. The zero-order valence-electron chi connectivity index (χ0n) is 13.5. The van der Waals surface area contributed by atoms with Crippen LogP contribution in [-0.2, 0) is 12.4 Å². The molecule has 11 heteroatoms. The van der Waals surface area contributed by atoms with E-state index in [-0.39, 0.29) is 22.8 Å². The quantitative estimate of drug-likeness (QED) is 0.298. The van der Waals surface area contributed by atoms with E-state index in [1.807, 2.05) is 0 Å². The molecule has 0 amide bonds. The standard InChI is InChI=1S/C17H7ClF6N4/c18-15-25-12-4-2-1-3-11(12)14-26-13(27-28(14)15)8-5-9(16(19,20)21)7-10(6-8)17(22,23)24/h1-7H. The fraction of sp³-hybridized carbons (Fsp3) is 0.118. The van der Waals surface area contributed by atoms with Crippen molar-refractivity contribution in [2.45, 2.75) is 12.4 Å². The molecule has 0 unspecified atom stereocenters. The maximum Gasteiger partial charge on any atom is 0.416 e. The van der Waals surface area contributed by atoms with E-state index in [0.717, 1.165) is 4.52 Å². The minimum atomic E-state index is -4.97. The molecule has 0 aliphatic heterocycles. The fourth-order valence-electron chi connectivity index (χ4n) is 2.73. The van der Waals surface area contributed by atoms with E-state index >= 15 is 0 Å². The van der Waals surface area contributed by atoms with Crippen LogP contribution in [0.5, 0.6) is 0 Å². The Hall–Kier alpha value is -2.88. The molecular weight excluding hydrogens is 410 g/mol. The van der Waals surface area contributed by atoms with Gasteiger partial charge in [0.15, 0.2) is 11.5 Å². The summed E-state index contributed by atoms with van der Waals surface area (Å²) < 4.78 is 79.6. The molecule has 0 saturated carbocycles. The molecule has 0 saturated heterocycles. The first kappa shape index (κ1) is 18.5. The van der Waals surface area contributed by atoms with Gasteiger partial charge in [-0.2, -0.15) is 30.9 Å². The Morgan fingerprint density at radius 2 is 1.43 bits per heavy atom. The molecule has 2 aromatic carbocycles. The lowest BCUT2D eigenvalue weighted by atomic mass is 10.0. The fourth-order valence-corrected chi connectivity index (χ4v) is 2.94. The van der Waals surface area contributed by atoms with Gasteiger partial charge in [-0.3, -0.25) is 0 Å². The van der Waals surface area contributed by atoms with Gasteiger partial charge in [0, 0.05) is 10.9 Å². The third-order valence-electron chi connectivity index (χ3n) is 3.99. The smallest absolute Gasteiger partial charge is 0.218 e. The second kappa shape index (κ2) is 6.06. The predicted molar refractivity (Wildman–Crippen MR) is 88.7 cm³/mol. The molecule has 0 bridgehead atoms. The molecule has 4 aromatic rings. The van der Waals surface area contributed by atoms with Gasteiger partial charge < -0.3 is 0 Å². The van der Waals surface area contributed by atoms with Crippen LogP contribution in [-0.4, -0.2) is 19.6 Å². The van der Waals surface area contributed by atoms with Crippen LogP contribution in [0.25, 0.3) is 27.9 Å². The summed E-state index contributed by atoms with van der Waals surface area (Å²) in [5.41, 5.74) is -2.72. The summed E-state index contributed by atoms with van der Waals surface area (Å²) in [5.74, 6) is -0.336. The van der Waals surface area contributed by atoms with Crippen LogP contribution in [0.2, 0.25) is 5.28 Å². The lowest BCUT2D eigenvalue weighted by Crippen LogP contribution is -2.11. The number of alkyl halides is 6. The van der Waals surface area contributed by atoms with E-state index in [0.29, 0.717) is 23.0 Å². The Balaban J connectivity index is 2.00. The second-order valence-electron chi connectivity index (χ2n) is 5.86. The molecule has 4 rings (SSSR count). The van der Waals surface area contributed by atoms with E-state index in [1.165, 1.54) is 0 Å². The van der Waals surface area contributed by atoms with Crippen molar-refractivity contribution in [1.82, 2.24) is 19.6 Å². The van der Waals surface area contributed by atoms with Crippen molar-refractivity contribution >= 4 is 28.2 Å². The highest BCUT2D eigenvalue weighted by Gasteiger charge is 2.37. The first-order chi connectivity index (χ1) is 13.0. The van der Waals surface area contributed by atoms with Gasteiger partial charge in [0.25, 0.3) is 0 Å². The average molecular weight is 417 g/mol. The monoisotopic (exact) mass is 416 g/mol. The maximum absolute atomic E-state index is 13.1. The molecule has 2 aromatic heterocycles. The Morgan fingerprint density at radius 1 is 0.821 bits per heavy atom. The van der Waals surface area contributed by atoms with Crippen LogP contribution in [0, 0.1) is 0 Å². The van der Waals surface area contributed by atoms with Gasteiger partial charge in [-0.15, -0.1) is 5.10 Å². The van der Waals surface area contributed by atoms with Gasteiger partial charge >= 0.3 is 12.4 Å². The Kier molecular flexibility index (Phi) is 4.00. The third-order valence-corrected chi connectivity index (χ3v) is 4.23. The van der Waals surface area contributed by atoms with Gasteiger partial charge in [-0.25, -0.2) is 9.97 Å². The lowest BCUT2D eigenvalue weighted by Gasteiger charge is -2.13. The van der Waals surface area contributed by atoms with Crippen molar-refractivity contribution in [3.8, 4) is 11.4 Å². The third kappa shape index (κ3) is 3.13. The van der Waals surface area contributed by atoms with Crippen molar-refractivity contribution in [3.63, 3.8) is 0 Å². The average Bonchev–Trinajstić information content (AvgIpc) is 3.06. The molecule has 0 atom stereocenters. The Labute approximate surface area is 157 Å². The van der Waals surface area contributed by atoms with Crippen molar-refractivity contribution in [2.75, 3.05) is 0 Å². The molecular formula is C17H7ClF6N4. The molecule has 4 nitrogen and oxygen atoms in total. The highest BCUT2D eigenvalue weighted by Crippen LogP contribution is 2.38. The zero-order chi connectivity index (χ0) is 20.3. The van der Waals surface area contributed by atoms with Crippen LogP contribution in [0.3, 0.4) is 0 Å². The number of hydrogen-bond donors (Lipinski definition) is 0. The van der Waals surface area contributed by atoms with E-state index in [1.54, 1.807) is 24.3 Å². The van der Waals surface area contributed by atoms with Gasteiger partial charge in [0.2, 0.25) is 5.28 Å². The lowest BCUT2D eigenvalue weighted by molar-refractivity contribution is -0.143. The molecule has 0 aliphatic rings.